The largest absolute Gasteiger partial charge is 0.496 e. The Hall–Kier alpha value is -3.71. The molecule has 1 aliphatic carbocycles. The van der Waals surface area contributed by atoms with Crippen LogP contribution in [0.1, 0.15) is 28.2 Å². The Balaban J connectivity index is 1.34. The van der Waals surface area contributed by atoms with E-state index in [1.807, 2.05) is 49.4 Å². The number of hydrogen-bond acceptors (Lipinski definition) is 3. The molecule has 1 aliphatic rings. The van der Waals surface area contributed by atoms with Crippen molar-refractivity contribution in [3.8, 4) is 28.7 Å². The Kier molecular flexibility index (Phi) is 5.72. The van der Waals surface area contributed by atoms with Crippen LogP contribution in [-0.4, -0.2) is 26.4 Å². The van der Waals surface area contributed by atoms with Gasteiger partial charge in [-0.1, -0.05) is 66.4 Å². The second-order valence-corrected chi connectivity index (χ2v) is 7.17. The van der Waals surface area contributed by atoms with E-state index in [0.29, 0.717) is 6.61 Å². The molecule has 0 unspecified atom stereocenters. The molecule has 0 atom stereocenters. The molecule has 4 heteroatoms. The van der Waals surface area contributed by atoms with Gasteiger partial charge < -0.3 is 14.8 Å². The van der Waals surface area contributed by atoms with Gasteiger partial charge in [-0.2, -0.15) is 0 Å². The molecule has 1 amide bonds. The number of benzene rings is 3. The number of carbonyl (C=O) groups excluding carboxylic acids is 1. The monoisotopic (exact) mass is 397 g/mol. The highest BCUT2D eigenvalue weighted by molar-refractivity contribution is 5.79. The van der Waals surface area contributed by atoms with Crippen molar-refractivity contribution >= 4 is 6.09 Å². The van der Waals surface area contributed by atoms with Gasteiger partial charge in [0.15, 0.2) is 0 Å². The number of ether oxygens (including phenoxy) is 2. The zero-order valence-corrected chi connectivity index (χ0v) is 17.1. The van der Waals surface area contributed by atoms with Gasteiger partial charge in [-0.05, 0) is 46.9 Å². The van der Waals surface area contributed by atoms with E-state index in [9.17, 15) is 4.79 Å². The highest BCUT2D eigenvalue weighted by Crippen LogP contribution is 2.44. The van der Waals surface area contributed by atoms with Crippen LogP contribution in [-0.2, 0) is 4.74 Å². The van der Waals surface area contributed by atoms with Crippen molar-refractivity contribution in [2.75, 3.05) is 20.3 Å². The molecule has 30 heavy (non-hydrogen) atoms. The Bertz CT molecular complexity index is 1090. The smallest absolute Gasteiger partial charge is 0.407 e. The van der Waals surface area contributed by atoms with Crippen molar-refractivity contribution < 1.29 is 14.3 Å². The van der Waals surface area contributed by atoms with Gasteiger partial charge in [0, 0.05) is 11.5 Å². The SMILES string of the molecule is COc1cc(C#CCNC(=O)OCC2c3ccccc3-c3ccccc32)ccc1C. The summed E-state index contributed by atoms with van der Waals surface area (Å²) in [4.78, 5) is 12.2. The predicted octanol–water partition coefficient (Wildman–Crippen LogP) is 4.89. The van der Waals surface area contributed by atoms with Crippen LogP contribution in [0.25, 0.3) is 11.1 Å². The first-order chi connectivity index (χ1) is 14.7. The normalized spacial score (nSPS) is 11.7. The Labute approximate surface area is 176 Å². The first-order valence-corrected chi connectivity index (χ1v) is 9.89. The lowest BCUT2D eigenvalue weighted by Crippen LogP contribution is -2.26. The van der Waals surface area contributed by atoms with Crippen molar-refractivity contribution in [1.82, 2.24) is 5.32 Å². The number of fused-ring (bicyclic) bond motifs is 3. The van der Waals surface area contributed by atoms with Crippen molar-refractivity contribution in [3.05, 3.63) is 89.0 Å². The van der Waals surface area contributed by atoms with Crippen LogP contribution in [0.5, 0.6) is 5.75 Å². The number of carbonyl (C=O) groups is 1. The van der Waals surface area contributed by atoms with E-state index in [2.05, 4.69) is 41.4 Å². The van der Waals surface area contributed by atoms with Crippen molar-refractivity contribution in [2.24, 2.45) is 0 Å². The number of methoxy groups -OCH3 is 1. The van der Waals surface area contributed by atoms with E-state index in [1.54, 1.807) is 7.11 Å². The number of rotatable bonds is 4. The maximum absolute atomic E-state index is 12.2. The molecule has 1 N–H and O–H groups in total. The lowest BCUT2D eigenvalue weighted by Gasteiger charge is -2.14. The van der Waals surface area contributed by atoms with Crippen molar-refractivity contribution in [1.29, 1.82) is 0 Å². The van der Waals surface area contributed by atoms with Gasteiger partial charge in [0.05, 0.1) is 13.7 Å². The minimum absolute atomic E-state index is 0.0502. The van der Waals surface area contributed by atoms with Gasteiger partial charge in [0.2, 0.25) is 0 Å². The van der Waals surface area contributed by atoms with E-state index >= 15 is 0 Å². The second kappa shape index (κ2) is 8.75. The molecule has 3 aromatic rings. The first kappa shape index (κ1) is 19.6. The summed E-state index contributed by atoms with van der Waals surface area (Å²) >= 11 is 0. The number of nitrogens with one attached hydrogen (secondary N) is 1. The van der Waals surface area contributed by atoms with Gasteiger partial charge in [-0.15, -0.1) is 0 Å². The first-order valence-electron chi connectivity index (χ1n) is 9.89. The minimum atomic E-state index is -0.465. The molecule has 0 aliphatic heterocycles. The molecule has 0 fully saturated rings. The van der Waals surface area contributed by atoms with Crippen LogP contribution in [0.2, 0.25) is 0 Å². The highest BCUT2D eigenvalue weighted by Gasteiger charge is 2.28. The van der Waals surface area contributed by atoms with E-state index < -0.39 is 6.09 Å². The van der Waals surface area contributed by atoms with Crippen LogP contribution < -0.4 is 10.1 Å². The van der Waals surface area contributed by atoms with Gasteiger partial charge in [0.1, 0.15) is 12.4 Å². The Morgan fingerprint density at radius 3 is 2.33 bits per heavy atom. The van der Waals surface area contributed by atoms with Crippen LogP contribution in [0.4, 0.5) is 4.79 Å². The van der Waals surface area contributed by atoms with E-state index in [-0.39, 0.29) is 12.5 Å². The van der Waals surface area contributed by atoms with Crippen LogP contribution >= 0.6 is 0 Å². The number of alkyl carbamates (subject to hydrolysis) is 1. The van der Waals surface area contributed by atoms with Crippen molar-refractivity contribution in [2.45, 2.75) is 12.8 Å². The molecular weight excluding hydrogens is 374 g/mol. The second-order valence-electron chi connectivity index (χ2n) is 7.17. The maximum atomic E-state index is 12.2. The number of aryl methyl sites for hydroxylation is 1. The van der Waals surface area contributed by atoms with Gasteiger partial charge in [-0.3, -0.25) is 0 Å². The molecule has 0 saturated carbocycles. The zero-order chi connectivity index (χ0) is 20.9. The molecule has 4 rings (SSSR count). The lowest BCUT2D eigenvalue weighted by molar-refractivity contribution is 0.144. The van der Waals surface area contributed by atoms with Crippen LogP contribution in [0, 0.1) is 18.8 Å². The van der Waals surface area contributed by atoms with Crippen LogP contribution in [0.3, 0.4) is 0 Å². The van der Waals surface area contributed by atoms with E-state index in [1.165, 1.54) is 22.3 Å². The third kappa shape index (κ3) is 4.01. The highest BCUT2D eigenvalue weighted by atomic mass is 16.5. The summed E-state index contributed by atoms with van der Waals surface area (Å²) in [7, 11) is 1.64. The standard InChI is InChI=1S/C26H23NO3/c1-18-13-14-19(16-25(18)29-2)8-7-15-27-26(28)30-17-24-22-11-5-3-9-20(22)21-10-4-6-12-23(21)24/h3-6,9-14,16,24H,15,17H2,1-2H3,(H,27,28). The Morgan fingerprint density at radius 1 is 1.00 bits per heavy atom. The van der Waals surface area contributed by atoms with Gasteiger partial charge in [-0.25, -0.2) is 4.79 Å². The summed E-state index contributed by atoms with van der Waals surface area (Å²) in [5.41, 5.74) is 6.70. The average molecular weight is 397 g/mol. The maximum Gasteiger partial charge on any atom is 0.407 e. The third-order valence-electron chi connectivity index (χ3n) is 5.31. The van der Waals surface area contributed by atoms with Gasteiger partial charge >= 0.3 is 6.09 Å². The van der Waals surface area contributed by atoms with Gasteiger partial charge in [0.25, 0.3) is 0 Å². The molecule has 0 bridgehead atoms. The van der Waals surface area contributed by atoms with E-state index in [4.69, 9.17) is 9.47 Å². The minimum Gasteiger partial charge on any atom is -0.496 e. The third-order valence-corrected chi connectivity index (χ3v) is 5.31. The quantitative estimate of drug-likeness (QED) is 0.638. The zero-order valence-electron chi connectivity index (χ0n) is 17.1. The molecule has 150 valence electrons. The average Bonchev–Trinajstić information content (AvgIpc) is 3.10. The number of amides is 1. The summed E-state index contributed by atoms with van der Waals surface area (Å²) in [5, 5.41) is 2.70. The molecule has 4 nitrogen and oxygen atoms in total. The van der Waals surface area contributed by atoms with Crippen LogP contribution in [0.15, 0.2) is 66.7 Å². The topological polar surface area (TPSA) is 47.6 Å². The van der Waals surface area contributed by atoms with E-state index in [0.717, 1.165) is 16.9 Å². The molecule has 3 aromatic carbocycles. The lowest BCUT2D eigenvalue weighted by atomic mass is 9.98. The number of hydrogen-bond donors (Lipinski definition) is 1. The summed E-state index contributed by atoms with van der Waals surface area (Å²) in [6.45, 7) is 2.49. The summed E-state index contributed by atoms with van der Waals surface area (Å²) in [6.07, 6.45) is -0.465. The molecule has 0 radical (unpaired) electrons. The molecular formula is C26H23NO3. The molecule has 0 spiro atoms. The fourth-order valence-corrected chi connectivity index (χ4v) is 3.81. The predicted molar refractivity (Wildman–Crippen MR) is 118 cm³/mol. The summed E-state index contributed by atoms with van der Waals surface area (Å²) < 4.78 is 10.8. The Morgan fingerprint density at radius 2 is 1.67 bits per heavy atom. The fraction of sp³-hybridized carbons (Fsp3) is 0.192. The molecule has 0 saturated heterocycles. The summed E-state index contributed by atoms with van der Waals surface area (Å²) in [5.74, 6) is 6.82. The summed E-state index contributed by atoms with van der Waals surface area (Å²) in [6, 6.07) is 22.3. The molecule has 0 heterocycles. The van der Waals surface area contributed by atoms with Crippen molar-refractivity contribution in [3.63, 3.8) is 0 Å². The molecule has 0 aromatic heterocycles. The fourth-order valence-electron chi connectivity index (χ4n) is 3.81.